The van der Waals surface area contributed by atoms with Gasteiger partial charge in [-0.2, -0.15) is 5.10 Å². The van der Waals surface area contributed by atoms with Crippen LogP contribution in [0.5, 0.6) is 0 Å². The van der Waals surface area contributed by atoms with Crippen LogP contribution in [-0.4, -0.2) is 81.5 Å². The van der Waals surface area contributed by atoms with E-state index in [4.69, 9.17) is 0 Å². The topological polar surface area (TPSA) is 129 Å². The Hall–Kier alpha value is -4.51. The number of nitrogens with zero attached hydrogens (tertiary/aromatic N) is 4. The van der Waals surface area contributed by atoms with Gasteiger partial charge in [0.1, 0.15) is 17.8 Å². The summed E-state index contributed by atoms with van der Waals surface area (Å²) in [6, 6.07) is 18.6. The first-order valence-electron chi connectivity index (χ1n) is 18.8. The van der Waals surface area contributed by atoms with Gasteiger partial charge in [0.15, 0.2) is 0 Å². The highest BCUT2D eigenvalue weighted by Crippen LogP contribution is 2.26. The van der Waals surface area contributed by atoms with Gasteiger partial charge in [-0.05, 0) is 55.4 Å². The molecule has 0 radical (unpaired) electrons. The normalized spacial score (nSPS) is 17.0. The maximum atomic E-state index is 13.7. The number of amides is 4. The second-order valence-corrected chi connectivity index (χ2v) is 14.3. The van der Waals surface area contributed by atoms with Crippen molar-refractivity contribution in [3.05, 3.63) is 89.2 Å². The summed E-state index contributed by atoms with van der Waals surface area (Å²) in [4.78, 5) is 57.5. The Labute approximate surface area is 302 Å². The summed E-state index contributed by atoms with van der Waals surface area (Å²) in [5.41, 5.74) is 3.54. The maximum Gasteiger partial charge on any atom is 0.270 e. The Kier molecular flexibility index (Phi) is 13.8. The summed E-state index contributed by atoms with van der Waals surface area (Å²) in [6.45, 7) is 9.69. The molecule has 1 aliphatic carbocycles. The molecule has 2 aliphatic rings. The van der Waals surface area contributed by atoms with Crippen LogP contribution in [0.2, 0.25) is 0 Å². The third-order valence-electron chi connectivity index (χ3n) is 10.1. The minimum atomic E-state index is -0.653. The highest BCUT2D eigenvalue weighted by atomic mass is 16.2. The predicted molar refractivity (Wildman–Crippen MR) is 198 cm³/mol. The largest absolute Gasteiger partial charge is 0.350 e. The van der Waals surface area contributed by atoms with Crippen molar-refractivity contribution in [2.75, 3.05) is 26.2 Å². The monoisotopic (exact) mass is 697 g/mol. The van der Waals surface area contributed by atoms with Crippen molar-refractivity contribution in [3.63, 3.8) is 0 Å². The van der Waals surface area contributed by atoms with E-state index in [0.29, 0.717) is 38.2 Å². The van der Waals surface area contributed by atoms with E-state index in [1.54, 1.807) is 23.9 Å². The number of rotatable bonds is 14. The molecule has 51 heavy (non-hydrogen) atoms. The molecule has 3 N–H and O–H groups in total. The number of carbonyl (C=O) groups is 4. The van der Waals surface area contributed by atoms with E-state index in [-0.39, 0.29) is 35.6 Å². The molecule has 1 aromatic heterocycles. The van der Waals surface area contributed by atoms with Gasteiger partial charge in [0, 0.05) is 64.3 Å². The second-order valence-electron chi connectivity index (χ2n) is 14.3. The minimum absolute atomic E-state index is 0.0195. The van der Waals surface area contributed by atoms with E-state index in [0.717, 1.165) is 69.3 Å². The van der Waals surface area contributed by atoms with Crippen LogP contribution in [0.4, 0.5) is 0 Å². The maximum absolute atomic E-state index is 13.7. The van der Waals surface area contributed by atoms with Crippen molar-refractivity contribution in [1.29, 1.82) is 0 Å². The fourth-order valence-electron chi connectivity index (χ4n) is 7.18. The number of piperazine rings is 1. The van der Waals surface area contributed by atoms with Crippen LogP contribution < -0.4 is 16.0 Å². The lowest BCUT2D eigenvalue weighted by atomic mass is 9.91. The Morgan fingerprint density at radius 3 is 2.12 bits per heavy atom. The van der Waals surface area contributed by atoms with E-state index >= 15 is 0 Å². The quantitative estimate of drug-likeness (QED) is 0.211. The van der Waals surface area contributed by atoms with E-state index in [2.05, 4.69) is 38.1 Å². The fourth-order valence-corrected chi connectivity index (χ4v) is 7.18. The van der Waals surface area contributed by atoms with Gasteiger partial charge in [0.05, 0.1) is 0 Å². The molecule has 5 rings (SSSR count). The van der Waals surface area contributed by atoms with E-state index in [9.17, 15) is 19.2 Å². The molecule has 11 nitrogen and oxygen atoms in total. The van der Waals surface area contributed by atoms with Crippen LogP contribution in [0, 0.1) is 5.92 Å². The molecule has 2 aromatic carbocycles. The smallest absolute Gasteiger partial charge is 0.270 e. The van der Waals surface area contributed by atoms with Gasteiger partial charge in [0.25, 0.3) is 5.91 Å². The van der Waals surface area contributed by atoms with Crippen LogP contribution in [0.15, 0.2) is 66.9 Å². The van der Waals surface area contributed by atoms with Crippen molar-refractivity contribution in [1.82, 2.24) is 35.5 Å². The predicted octanol–water partition coefficient (Wildman–Crippen LogP) is 4.63. The third-order valence-corrected chi connectivity index (χ3v) is 10.1. The molecule has 2 atom stereocenters. The average Bonchev–Trinajstić information content (AvgIpc) is 3.50. The minimum Gasteiger partial charge on any atom is -0.350 e. The molecule has 4 amide bonds. The number of carbonyl (C=O) groups excluding carboxylic acids is 4. The third kappa shape index (κ3) is 10.7. The Balaban J connectivity index is 1.18. The number of hydrogen-bond donors (Lipinski definition) is 3. The standard InChI is InChI=1S/C40H55N7O4/c1-4-36(48)43-34(40(51)46-24-22-45(23-25-46)28-32-12-8-7-9-13-32)26-30-16-18-31(19-17-30)27-41-39(50)37(33-14-10-5-6-11-15-33)44-38(49)35-20-21-42-47(35)29(2)3/h7-9,12-13,16-21,29,33-34,37H,4-6,10-11,14-15,22-28H2,1-3H3,(H,41,50)(H,43,48)(H,44,49). The van der Waals surface area contributed by atoms with Crippen molar-refractivity contribution < 1.29 is 19.2 Å². The molecular formula is C40H55N7O4. The fraction of sp³-hybridized carbons (Fsp3) is 0.525. The molecule has 2 fully saturated rings. The summed E-state index contributed by atoms with van der Waals surface area (Å²) in [5.74, 6) is -0.626. The van der Waals surface area contributed by atoms with E-state index in [1.165, 1.54) is 5.56 Å². The second kappa shape index (κ2) is 18.6. The van der Waals surface area contributed by atoms with Gasteiger partial charge in [-0.25, -0.2) is 0 Å². The molecule has 1 saturated carbocycles. The Morgan fingerprint density at radius 1 is 0.804 bits per heavy atom. The van der Waals surface area contributed by atoms with Gasteiger partial charge in [-0.15, -0.1) is 0 Å². The lowest BCUT2D eigenvalue weighted by Crippen LogP contribution is -2.55. The summed E-state index contributed by atoms with van der Waals surface area (Å²) >= 11 is 0. The van der Waals surface area contributed by atoms with Crippen LogP contribution in [-0.2, 0) is 33.9 Å². The molecule has 1 saturated heterocycles. The number of hydrogen-bond acceptors (Lipinski definition) is 6. The Morgan fingerprint density at radius 2 is 1.47 bits per heavy atom. The highest BCUT2D eigenvalue weighted by molar-refractivity contribution is 5.96. The zero-order valence-corrected chi connectivity index (χ0v) is 30.5. The van der Waals surface area contributed by atoms with Gasteiger partial charge < -0.3 is 20.9 Å². The van der Waals surface area contributed by atoms with Gasteiger partial charge in [-0.3, -0.25) is 28.8 Å². The summed E-state index contributed by atoms with van der Waals surface area (Å²) < 4.78 is 1.68. The SMILES string of the molecule is CCC(=O)NC(Cc1ccc(CNC(=O)C(NC(=O)c2ccnn2C(C)C)C2CCCCCC2)cc1)C(=O)N1CCN(Cc2ccccc2)CC1. The lowest BCUT2D eigenvalue weighted by molar-refractivity contribution is -0.138. The van der Waals surface area contributed by atoms with E-state index in [1.807, 2.05) is 61.2 Å². The molecule has 0 spiro atoms. The van der Waals surface area contributed by atoms with Crippen molar-refractivity contribution in [2.45, 2.75) is 103 Å². The molecule has 1 aliphatic heterocycles. The van der Waals surface area contributed by atoms with Crippen LogP contribution >= 0.6 is 0 Å². The number of aromatic nitrogens is 2. The first-order chi connectivity index (χ1) is 24.7. The van der Waals surface area contributed by atoms with Gasteiger partial charge in [-0.1, -0.05) is 87.2 Å². The first kappa shape index (κ1) is 37.7. The van der Waals surface area contributed by atoms with Crippen molar-refractivity contribution in [2.24, 2.45) is 5.92 Å². The number of nitrogens with one attached hydrogen (secondary N) is 3. The summed E-state index contributed by atoms with van der Waals surface area (Å²) in [6.07, 6.45) is 8.47. The molecular weight excluding hydrogens is 642 g/mol. The molecule has 3 aromatic rings. The molecule has 2 heterocycles. The first-order valence-corrected chi connectivity index (χ1v) is 18.8. The van der Waals surface area contributed by atoms with Crippen LogP contribution in [0.1, 0.15) is 98.9 Å². The molecule has 11 heteroatoms. The van der Waals surface area contributed by atoms with Crippen LogP contribution in [0.25, 0.3) is 0 Å². The number of benzene rings is 2. The zero-order valence-electron chi connectivity index (χ0n) is 30.5. The highest BCUT2D eigenvalue weighted by Gasteiger charge is 2.32. The van der Waals surface area contributed by atoms with Crippen molar-refractivity contribution in [3.8, 4) is 0 Å². The molecule has 0 bridgehead atoms. The Bertz CT molecular complexity index is 1570. The van der Waals surface area contributed by atoms with Crippen LogP contribution in [0.3, 0.4) is 0 Å². The zero-order chi connectivity index (χ0) is 36.2. The lowest BCUT2D eigenvalue weighted by Gasteiger charge is -2.36. The van der Waals surface area contributed by atoms with E-state index < -0.39 is 12.1 Å². The molecule has 2 unspecified atom stereocenters. The van der Waals surface area contributed by atoms with Crippen molar-refractivity contribution >= 4 is 23.6 Å². The van der Waals surface area contributed by atoms with Gasteiger partial charge >= 0.3 is 0 Å². The average molecular weight is 698 g/mol. The molecule has 274 valence electrons. The summed E-state index contributed by atoms with van der Waals surface area (Å²) in [5, 5.41) is 13.4. The summed E-state index contributed by atoms with van der Waals surface area (Å²) in [7, 11) is 0. The van der Waals surface area contributed by atoms with Gasteiger partial charge in [0.2, 0.25) is 17.7 Å².